The van der Waals surface area contributed by atoms with Crippen LogP contribution in [0.25, 0.3) is 0 Å². The molecule has 0 radical (unpaired) electrons. The van der Waals surface area contributed by atoms with Crippen molar-refractivity contribution in [2.24, 2.45) is 0 Å². The molecule has 0 heterocycles. The van der Waals surface area contributed by atoms with Gasteiger partial charge in [0.05, 0.1) is 4.47 Å². The van der Waals surface area contributed by atoms with Gasteiger partial charge in [-0.25, -0.2) is 4.39 Å². The van der Waals surface area contributed by atoms with Crippen LogP contribution < -0.4 is 5.32 Å². The predicted octanol–water partition coefficient (Wildman–Crippen LogP) is 2.80. The maximum Gasteiger partial charge on any atom is 0.142 e. The SMILES string of the molecule is CCNC(CN(C)C)c1cccc(Br)c1F. The molecule has 0 amide bonds. The van der Waals surface area contributed by atoms with E-state index in [1.54, 1.807) is 6.07 Å². The average Bonchev–Trinajstić information content (AvgIpc) is 2.21. The lowest BCUT2D eigenvalue weighted by atomic mass is 10.1. The molecule has 1 atom stereocenters. The van der Waals surface area contributed by atoms with Crippen LogP contribution >= 0.6 is 15.9 Å². The van der Waals surface area contributed by atoms with Crippen LogP contribution in [0, 0.1) is 5.82 Å². The summed E-state index contributed by atoms with van der Waals surface area (Å²) < 4.78 is 14.4. The van der Waals surface area contributed by atoms with Gasteiger partial charge in [0, 0.05) is 18.2 Å². The Morgan fingerprint density at radius 1 is 1.44 bits per heavy atom. The zero-order valence-electron chi connectivity index (χ0n) is 9.93. The average molecular weight is 289 g/mol. The highest BCUT2D eigenvalue weighted by molar-refractivity contribution is 9.10. The Morgan fingerprint density at radius 3 is 2.69 bits per heavy atom. The van der Waals surface area contributed by atoms with E-state index in [0.29, 0.717) is 10.0 Å². The van der Waals surface area contributed by atoms with E-state index in [0.717, 1.165) is 13.1 Å². The molecular weight excluding hydrogens is 271 g/mol. The Morgan fingerprint density at radius 2 is 2.12 bits per heavy atom. The van der Waals surface area contributed by atoms with Crippen molar-refractivity contribution in [1.29, 1.82) is 0 Å². The number of rotatable bonds is 5. The standard InChI is InChI=1S/C12H18BrFN2/c1-4-15-11(8-16(2)3)9-6-5-7-10(13)12(9)14/h5-7,11,15H,4,8H2,1-3H3. The highest BCUT2D eigenvalue weighted by Crippen LogP contribution is 2.24. The first-order valence-corrected chi connectivity index (χ1v) is 6.17. The first-order chi connectivity index (χ1) is 7.56. The van der Waals surface area contributed by atoms with Gasteiger partial charge in [-0.15, -0.1) is 0 Å². The lowest BCUT2D eigenvalue weighted by Gasteiger charge is -2.23. The summed E-state index contributed by atoms with van der Waals surface area (Å²) in [6.07, 6.45) is 0. The van der Waals surface area contributed by atoms with Gasteiger partial charge in [0.25, 0.3) is 0 Å². The fraction of sp³-hybridized carbons (Fsp3) is 0.500. The van der Waals surface area contributed by atoms with E-state index in [-0.39, 0.29) is 11.9 Å². The van der Waals surface area contributed by atoms with Crippen molar-refractivity contribution in [3.05, 3.63) is 34.1 Å². The van der Waals surface area contributed by atoms with Crippen molar-refractivity contribution in [1.82, 2.24) is 10.2 Å². The molecule has 0 aliphatic carbocycles. The molecule has 0 spiro atoms. The van der Waals surface area contributed by atoms with Crippen LogP contribution in [0.15, 0.2) is 22.7 Å². The van der Waals surface area contributed by atoms with Gasteiger partial charge in [-0.2, -0.15) is 0 Å². The number of nitrogens with zero attached hydrogens (tertiary/aromatic N) is 1. The minimum atomic E-state index is -0.171. The largest absolute Gasteiger partial charge is 0.309 e. The molecule has 90 valence electrons. The van der Waals surface area contributed by atoms with E-state index in [4.69, 9.17) is 0 Å². The Labute approximate surface area is 105 Å². The zero-order valence-corrected chi connectivity index (χ0v) is 11.5. The Bertz CT molecular complexity index is 342. The van der Waals surface area contributed by atoms with E-state index in [1.807, 2.05) is 38.1 Å². The fourth-order valence-electron chi connectivity index (χ4n) is 1.67. The second kappa shape index (κ2) is 6.33. The van der Waals surface area contributed by atoms with E-state index in [9.17, 15) is 4.39 Å². The van der Waals surface area contributed by atoms with E-state index in [2.05, 4.69) is 21.2 Å². The van der Waals surface area contributed by atoms with E-state index in [1.165, 1.54) is 0 Å². The number of hydrogen-bond acceptors (Lipinski definition) is 2. The molecule has 0 bridgehead atoms. The van der Waals surface area contributed by atoms with Gasteiger partial charge in [0.15, 0.2) is 0 Å². The summed E-state index contributed by atoms with van der Waals surface area (Å²) >= 11 is 3.22. The predicted molar refractivity (Wildman–Crippen MR) is 69.1 cm³/mol. The summed E-state index contributed by atoms with van der Waals surface area (Å²) in [6, 6.07) is 5.44. The second-order valence-corrected chi connectivity index (χ2v) is 4.87. The summed E-state index contributed by atoms with van der Waals surface area (Å²) in [6.45, 7) is 3.63. The van der Waals surface area contributed by atoms with Crippen molar-refractivity contribution in [2.75, 3.05) is 27.2 Å². The van der Waals surface area contributed by atoms with Gasteiger partial charge in [-0.05, 0) is 42.6 Å². The second-order valence-electron chi connectivity index (χ2n) is 4.02. The molecule has 1 unspecified atom stereocenters. The number of hydrogen-bond donors (Lipinski definition) is 1. The van der Waals surface area contributed by atoms with Crippen molar-refractivity contribution < 1.29 is 4.39 Å². The molecule has 0 saturated carbocycles. The molecule has 0 saturated heterocycles. The molecule has 1 rings (SSSR count). The van der Waals surface area contributed by atoms with Gasteiger partial charge in [0.2, 0.25) is 0 Å². The number of nitrogens with one attached hydrogen (secondary N) is 1. The lowest BCUT2D eigenvalue weighted by molar-refractivity contribution is 0.339. The highest BCUT2D eigenvalue weighted by Gasteiger charge is 2.16. The van der Waals surface area contributed by atoms with Gasteiger partial charge >= 0.3 is 0 Å². The third-order valence-electron chi connectivity index (χ3n) is 2.36. The highest BCUT2D eigenvalue weighted by atomic mass is 79.9. The summed E-state index contributed by atoms with van der Waals surface area (Å²) in [5.74, 6) is -0.171. The summed E-state index contributed by atoms with van der Waals surface area (Å²) in [5.41, 5.74) is 0.713. The maximum atomic E-state index is 13.9. The van der Waals surface area contributed by atoms with Crippen molar-refractivity contribution in [3.8, 4) is 0 Å². The molecule has 0 fully saturated rings. The van der Waals surface area contributed by atoms with Crippen LogP contribution in [0.1, 0.15) is 18.5 Å². The lowest BCUT2D eigenvalue weighted by Crippen LogP contribution is -2.31. The van der Waals surface area contributed by atoms with Crippen molar-refractivity contribution >= 4 is 15.9 Å². The monoisotopic (exact) mass is 288 g/mol. The number of likely N-dealkylation sites (N-methyl/N-ethyl adjacent to an activating group) is 2. The van der Waals surface area contributed by atoms with Crippen molar-refractivity contribution in [3.63, 3.8) is 0 Å². The van der Waals surface area contributed by atoms with Crippen molar-refractivity contribution in [2.45, 2.75) is 13.0 Å². The molecule has 16 heavy (non-hydrogen) atoms. The molecule has 0 aliphatic rings. The fourth-order valence-corrected chi connectivity index (χ4v) is 2.06. The zero-order chi connectivity index (χ0) is 12.1. The first kappa shape index (κ1) is 13.6. The smallest absolute Gasteiger partial charge is 0.142 e. The summed E-state index contributed by atoms with van der Waals surface area (Å²) in [4.78, 5) is 2.05. The molecule has 2 nitrogen and oxygen atoms in total. The Balaban J connectivity index is 2.96. The Hall–Kier alpha value is -0.450. The third-order valence-corrected chi connectivity index (χ3v) is 2.97. The minimum Gasteiger partial charge on any atom is -0.309 e. The molecule has 1 aromatic carbocycles. The topological polar surface area (TPSA) is 15.3 Å². The Kier molecular flexibility index (Phi) is 5.38. The normalized spacial score (nSPS) is 13.1. The van der Waals surface area contributed by atoms with Gasteiger partial charge in [0.1, 0.15) is 5.82 Å². The van der Waals surface area contributed by atoms with Crippen LogP contribution in [0.3, 0.4) is 0 Å². The van der Waals surface area contributed by atoms with Gasteiger partial charge < -0.3 is 10.2 Å². The molecule has 1 aromatic rings. The van der Waals surface area contributed by atoms with Crippen LogP contribution in [0.4, 0.5) is 4.39 Å². The molecule has 0 aromatic heterocycles. The number of benzene rings is 1. The van der Waals surface area contributed by atoms with Crippen LogP contribution in [-0.2, 0) is 0 Å². The molecule has 0 aliphatic heterocycles. The number of halogens is 2. The van der Waals surface area contributed by atoms with Crippen LogP contribution in [-0.4, -0.2) is 32.1 Å². The minimum absolute atomic E-state index is 0.0255. The van der Waals surface area contributed by atoms with Gasteiger partial charge in [-0.1, -0.05) is 19.1 Å². The quantitative estimate of drug-likeness (QED) is 0.896. The van der Waals surface area contributed by atoms with Gasteiger partial charge in [-0.3, -0.25) is 0 Å². The molecule has 1 N–H and O–H groups in total. The summed E-state index contributed by atoms with van der Waals surface area (Å²) in [5, 5.41) is 3.30. The van der Waals surface area contributed by atoms with E-state index < -0.39 is 0 Å². The third kappa shape index (κ3) is 3.54. The molecule has 4 heteroatoms. The maximum absolute atomic E-state index is 13.9. The van der Waals surface area contributed by atoms with Crippen LogP contribution in [0.5, 0.6) is 0 Å². The summed E-state index contributed by atoms with van der Waals surface area (Å²) in [7, 11) is 3.97. The van der Waals surface area contributed by atoms with Crippen LogP contribution in [0.2, 0.25) is 0 Å². The first-order valence-electron chi connectivity index (χ1n) is 5.38. The molecular formula is C12H18BrFN2. The van der Waals surface area contributed by atoms with E-state index >= 15 is 0 Å².